The number of nitrogens with one attached hydrogen (secondary N) is 1. The van der Waals surface area contributed by atoms with E-state index in [0.29, 0.717) is 40.9 Å². The Kier molecular flexibility index (Phi) is 7.15. The Morgan fingerprint density at radius 3 is 2.88 bits per heavy atom. The van der Waals surface area contributed by atoms with E-state index in [1.165, 1.54) is 4.90 Å². The molecule has 2 aromatic carbocycles. The standard InChI is InChI=1S/C24H25ClN2O6/c1-15(24(30)26-12-19-6-3-9-31-19)27-20-10-16(7-8-22(20)33-14-23(27)29)21(28)13-32-18-5-2-4-17(25)11-18/h2,4-5,7-8,10-11,15,19H,3,6,9,12-14H2,1H3,(H,26,30)/t15-,19-/m1/s1. The number of nitrogens with zero attached hydrogens (tertiary/aromatic N) is 1. The molecule has 2 atom stereocenters. The smallest absolute Gasteiger partial charge is 0.265 e. The second kappa shape index (κ2) is 10.2. The number of Topliss-reactive ketones (excluding diaryl/α,β-unsaturated/α-hetero) is 1. The number of halogens is 1. The first-order chi connectivity index (χ1) is 15.9. The Balaban J connectivity index is 1.47. The van der Waals surface area contributed by atoms with E-state index in [2.05, 4.69) is 5.32 Å². The van der Waals surface area contributed by atoms with Gasteiger partial charge in [-0.05, 0) is 56.2 Å². The van der Waals surface area contributed by atoms with Gasteiger partial charge in [0.15, 0.2) is 19.0 Å². The maximum atomic E-state index is 12.8. The van der Waals surface area contributed by atoms with E-state index >= 15 is 0 Å². The molecular formula is C24H25ClN2O6. The molecule has 0 aromatic heterocycles. The fourth-order valence-corrected chi connectivity index (χ4v) is 4.02. The molecule has 0 radical (unpaired) electrons. The third-order valence-corrected chi connectivity index (χ3v) is 5.86. The zero-order valence-electron chi connectivity index (χ0n) is 18.2. The molecule has 0 bridgehead atoms. The summed E-state index contributed by atoms with van der Waals surface area (Å²) in [6.45, 7) is 2.36. The van der Waals surface area contributed by atoms with Crippen LogP contribution in [-0.2, 0) is 14.3 Å². The van der Waals surface area contributed by atoms with Gasteiger partial charge in [-0.2, -0.15) is 0 Å². The number of anilines is 1. The monoisotopic (exact) mass is 472 g/mol. The molecule has 2 heterocycles. The fourth-order valence-electron chi connectivity index (χ4n) is 3.84. The Morgan fingerprint density at radius 1 is 1.27 bits per heavy atom. The molecule has 4 rings (SSSR count). The molecule has 2 aromatic rings. The molecule has 2 amide bonds. The van der Waals surface area contributed by atoms with Gasteiger partial charge in [0, 0.05) is 23.7 Å². The lowest BCUT2D eigenvalue weighted by atomic mass is 10.1. The summed E-state index contributed by atoms with van der Waals surface area (Å²) < 4.78 is 16.6. The van der Waals surface area contributed by atoms with Gasteiger partial charge >= 0.3 is 0 Å². The predicted molar refractivity (Wildman–Crippen MR) is 122 cm³/mol. The van der Waals surface area contributed by atoms with Crippen LogP contribution in [0.2, 0.25) is 5.02 Å². The molecule has 33 heavy (non-hydrogen) atoms. The zero-order chi connectivity index (χ0) is 23.4. The minimum atomic E-state index is -0.783. The first-order valence-electron chi connectivity index (χ1n) is 10.8. The highest BCUT2D eigenvalue weighted by atomic mass is 35.5. The number of rotatable bonds is 8. The summed E-state index contributed by atoms with van der Waals surface area (Å²) in [6.07, 6.45) is 1.87. The van der Waals surface area contributed by atoms with Gasteiger partial charge in [0.2, 0.25) is 5.91 Å². The summed E-state index contributed by atoms with van der Waals surface area (Å²) in [5.41, 5.74) is 0.714. The summed E-state index contributed by atoms with van der Waals surface area (Å²) in [5, 5.41) is 3.36. The van der Waals surface area contributed by atoms with Crippen LogP contribution in [-0.4, -0.2) is 56.1 Å². The summed E-state index contributed by atoms with van der Waals surface area (Å²) in [5.74, 6) is -0.0350. The van der Waals surface area contributed by atoms with Crippen molar-refractivity contribution in [3.63, 3.8) is 0 Å². The van der Waals surface area contributed by atoms with Crippen LogP contribution < -0.4 is 19.7 Å². The van der Waals surface area contributed by atoms with Crippen molar-refractivity contribution in [2.24, 2.45) is 0 Å². The van der Waals surface area contributed by atoms with Crippen molar-refractivity contribution in [1.82, 2.24) is 5.32 Å². The lowest BCUT2D eigenvalue weighted by Gasteiger charge is -2.33. The van der Waals surface area contributed by atoms with Crippen LogP contribution in [0.15, 0.2) is 42.5 Å². The first kappa shape index (κ1) is 23.1. The summed E-state index contributed by atoms with van der Waals surface area (Å²) in [6, 6.07) is 10.8. The van der Waals surface area contributed by atoms with E-state index in [9.17, 15) is 14.4 Å². The molecule has 9 heteroatoms. The SMILES string of the molecule is C[C@H](C(=O)NC[C@H]1CCCO1)N1C(=O)COc2ccc(C(=O)COc3cccc(Cl)c3)cc21. The Morgan fingerprint density at radius 2 is 2.12 bits per heavy atom. The average Bonchev–Trinajstić information content (AvgIpc) is 3.34. The number of hydrogen-bond donors (Lipinski definition) is 1. The molecule has 174 valence electrons. The first-order valence-corrected chi connectivity index (χ1v) is 11.2. The average molecular weight is 473 g/mol. The maximum Gasteiger partial charge on any atom is 0.265 e. The summed E-state index contributed by atoms with van der Waals surface area (Å²) in [7, 11) is 0. The molecule has 0 saturated carbocycles. The van der Waals surface area contributed by atoms with E-state index in [1.54, 1.807) is 49.4 Å². The normalized spacial score (nSPS) is 18.3. The lowest BCUT2D eigenvalue weighted by Crippen LogP contribution is -2.52. The van der Waals surface area contributed by atoms with E-state index in [4.69, 9.17) is 25.8 Å². The van der Waals surface area contributed by atoms with Crippen LogP contribution in [0.1, 0.15) is 30.1 Å². The minimum absolute atomic E-state index is 0.00227. The van der Waals surface area contributed by atoms with Crippen molar-refractivity contribution in [1.29, 1.82) is 0 Å². The van der Waals surface area contributed by atoms with Crippen LogP contribution in [0.25, 0.3) is 0 Å². The second-order valence-corrected chi connectivity index (χ2v) is 8.40. The number of carbonyl (C=O) groups is 3. The van der Waals surface area contributed by atoms with Gasteiger partial charge in [0.25, 0.3) is 5.91 Å². The Bertz CT molecular complexity index is 1050. The van der Waals surface area contributed by atoms with Crippen LogP contribution in [0, 0.1) is 0 Å². The second-order valence-electron chi connectivity index (χ2n) is 7.96. The fraction of sp³-hybridized carbons (Fsp3) is 0.375. The summed E-state index contributed by atoms with van der Waals surface area (Å²) in [4.78, 5) is 39.5. The highest BCUT2D eigenvalue weighted by Crippen LogP contribution is 2.34. The molecule has 1 fully saturated rings. The van der Waals surface area contributed by atoms with E-state index in [1.807, 2.05) is 0 Å². The molecule has 2 aliphatic heterocycles. The summed E-state index contributed by atoms with van der Waals surface area (Å²) >= 11 is 5.94. The van der Waals surface area contributed by atoms with E-state index in [0.717, 1.165) is 12.8 Å². The topological polar surface area (TPSA) is 94.2 Å². The van der Waals surface area contributed by atoms with Crippen molar-refractivity contribution >= 4 is 34.9 Å². The zero-order valence-corrected chi connectivity index (χ0v) is 19.0. The van der Waals surface area contributed by atoms with Crippen molar-refractivity contribution in [2.75, 3.05) is 31.3 Å². The van der Waals surface area contributed by atoms with Crippen LogP contribution in [0.5, 0.6) is 11.5 Å². The van der Waals surface area contributed by atoms with E-state index in [-0.39, 0.29) is 36.9 Å². The number of benzene rings is 2. The van der Waals surface area contributed by atoms with Gasteiger partial charge in [-0.15, -0.1) is 0 Å². The molecule has 1 saturated heterocycles. The van der Waals surface area contributed by atoms with Gasteiger partial charge in [-0.1, -0.05) is 17.7 Å². The van der Waals surface area contributed by atoms with Crippen LogP contribution in [0.4, 0.5) is 5.69 Å². The number of carbonyl (C=O) groups excluding carboxylic acids is 3. The van der Waals surface area contributed by atoms with Gasteiger partial charge in [-0.25, -0.2) is 0 Å². The number of ketones is 1. The Labute approximate surface area is 196 Å². The lowest BCUT2D eigenvalue weighted by molar-refractivity contribution is -0.127. The van der Waals surface area contributed by atoms with Crippen molar-refractivity contribution < 1.29 is 28.6 Å². The van der Waals surface area contributed by atoms with Gasteiger partial charge in [0.1, 0.15) is 17.5 Å². The molecule has 0 spiro atoms. The van der Waals surface area contributed by atoms with Crippen molar-refractivity contribution in [3.8, 4) is 11.5 Å². The third-order valence-electron chi connectivity index (χ3n) is 5.62. The molecule has 8 nitrogen and oxygen atoms in total. The van der Waals surface area contributed by atoms with Crippen molar-refractivity contribution in [3.05, 3.63) is 53.1 Å². The third kappa shape index (κ3) is 5.46. The molecule has 2 aliphatic rings. The predicted octanol–water partition coefficient (Wildman–Crippen LogP) is 3.01. The highest BCUT2D eigenvalue weighted by molar-refractivity contribution is 6.30. The number of amides is 2. The quantitative estimate of drug-likeness (QED) is 0.593. The Hall–Kier alpha value is -3.10. The minimum Gasteiger partial charge on any atom is -0.485 e. The van der Waals surface area contributed by atoms with Gasteiger partial charge in [0.05, 0.1) is 11.8 Å². The molecule has 1 N–H and O–H groups in total. The number of fused-ring (bicyclic) bond motifs is 1. The highest BCUT2D eigenvalue weighted by Gasteiger charge is 2.34. The van der Waals surface area contributed by atoms with Crippen LogP contribution >= 0.6 is 11.6 Å². The van der Waals surface area contributed by atoms with Crippen LogP contribution in [0.3, 0.4) is 0 Å². The molecule has 0 aliphatic carbocycles. The van der Waals surface area contributed by atoms with Gasteiger partial charge in [-0.3, -0.25) is 19.3 Å². The van der Waals surface area contributed by atoms with E-state index < -0.39 is 6.04 Å². The number of hydrogen-bond acceptors (Lipinski definition) is 6. The molecular weight excluding hydrogens is 448 g/mol. The largest absolute Gasteiger partial charge is 0.485 e. The number of ether oxygens (including phenoxy) is 3. The van der Waals surface area contributed by atoms with Crippen molar-refractivity contribution in [2.45, 2.75) is 31.9 Å². The molecule has 0 unspecified atom stereocenters. The maximum absolute atomic E-state index is 12.8. The van der Waals surface area contributed by atoms with Gasteiger partial charge < -0.3 is 19.5 Å².